The fourth-order valence-electron chi connectivity index (χ4n) is 2.09. The van der Waals surface area contributed by atoms with Crippen LogP contribution in [-0.2, 0) is 28.6 Å². The Morgan fingerprint density at radius 1 is 1.10 bits per heavy atom. The number of methoxy groups -OCH3 is 4. The highest BCUT2D eigenvalue weighted by molar-refractivity contribution is 5.09. The summed E-state index contributed by atoms with van der Waals surface area (Å²) in [6.07, 6.45) is -1.26. The van der Waals surface area contributed by atoms with Crippen LogP contribution in [0.4, 0.5) is 0 Å². The molecule has 0 bridgehead atoms. The van der Waals surface area contributed by atoms with Gasteiger partial charge in [-0.1, -0.05) is 5.06 Å². The van der Waals surface area contributed by atoms with Crippen molar-refractivity contribution in [3.05, 3.63) is 21.7 Å². The average molecular weight is 309 g/mol. The molecule has 1 aliphatic heterocycles. The molecule has 1 rings (SSSR count). The van der Waals surface area contributed by atoms with Gasteiger partial charge in [0.2, 0.25) is 6.23 Å². The van der Waals surface area contributed by atoms with Crippen LogP contribution in [0.15, 0.2) is 11.6 Å². The van der Waals surface area contributed by atoms with Crippen molar-refractivity contribution in [1.82, 2.24) is 10.1 Å². The van der Waals surface area contributed by atoms with Gasteiger partial charge in [-0.05, 0) is 0 Å². The Balaban J connectivity index is 3.62. The van der Waals surface area contributed by atoms with Crippen molar-refractivity contribution in [2.75, 3.05) is 42.7 Å². The lowest BCUT2D eigenvalue weighted by Gasteiger charge is -2.48. The molecular weight excluding hydrogens is 290 g/mol. The number of hydrogen-bond acceptors (Lipinski definition) is 10. The molecule has 0 amide bonds. The normalized spacial score (nSPS) is 22.6. The third kappa shape index (κ3) is 2.54. The Labute approximate surface area is 121 Å². The van der Waals surface area contributed by atoms with Gasteiger partial charge in [0.25, 0.3) is 5.88 Å². The van der Waals surface area contributed by atoms with E-state index in [2.05, 4.69) is 0 Å². The number of ether oxygens (including phenoxy) is 4. The Morgan fingerprint density at radius 3 is 1.95 bits per heavy atom. The van der Waals surface area contributed by atoms with Crippen LogP contribution >= 0.6 is 0 Å². The first-order chi connectivity index (χ1) is 9.98. The number of rotatable bonds is 7. The molecule has 0 aliphatic carbocycles. The summed E-state index contributed by atoms with van der Waals surface area (Å²) in [6, 6.07) is -1.78. The standard InChI is InChI=1S/C10H19N3O8/c1-16-8-7(13(14)15)9(17-2)12(21-6)10(18-3,19-4)11(8)20-5/h8H,1-6H3. The van der Waals surface area contributed by atoms with E-state index >= 15 is 0 Å². The molecule has 1 aliphatic rings. The third-order valence-electron chi connectivity index (χ3n) is 2.91. The van der Waals surface area contributed by atoms with Crippen molar-refractivity contribution >= 4 is 0 Å². The Kier molecular flexibility index (Phi) is 5.83. The minimum atomic E-state index is -1.78. The van der Waals surface area contributed by atoms with Crippen molar-refractivity contribution in [3.8, 4) is 0 Å². The Bertz CT molecular complexity index is 411. The maximum absolute atomic E-state index is 11.3. The van der Waals surface area contributed by atoms with E-state index in [-0.39, 0.29) is 5.88 Å². The fourth-order valence-corrected chi connectivity index (χ4v) is 2.09. The van der Waals surface area contributed by atoms with Gasteiger partial charge in [0, 0.05) is 21.3 Å². The molecule has 0 saturated carbocycles. The van der Waals surface area contributed by atoms with Crippen LogP contribution in [0.25, 0.3) is 0 Å². The highest BCUT2D eigenvalue weighted by Gasteiger charge is 2.61. The van der Waals surface area contributed by atoms with E-state index in [1.165, 1.54) is 42.7 Å². The highest BCUT2D eigenvalue weighted by atomic mass is 16.9. The summed E-state index contributed by atoms with van der Waals surface area (Å²) in [5.41, 5.74) is -0.437. The second-order valence-electron chi connectivity index (χ2n) is 3.68. The topological polar surface area (TPSA) is 105 Å². The SMILES string of the molecule is COC1=C([N+](=O)[O-])C(OC)N(OC)C(OC)(OC)N1OC. The zero-order valence-corrected chi connectivity index (χ0v) is 12.7. The van der Waals surface area contributed by atoms with Gasteiger partial charge in [-0.25, -0.2) is 0 Å². The van der Waals surface area contributed by atoms with E-state index in [0.29, 0.717) is 0 Å². The quantitative estimate of drug-likeness (QED) is 0.353. The summed E-state index contributed by atoms with van der Waals surface area (Å²) in [5, 5.41) is 13.2. The summed E-state index contributed by atoms with van der Waals surface area (Å²) >= 11 is 0. The molecule has 1 atom stereocenters. The lowest BCUT2D eigenvalue weighted by atomic mass is 10.3. The molecule has 0 spiro atoms. The molecule has 1 heterocycles. The average Bonchev–Trinajstić information content (AvgIpc) is 2.50. The molecule has 0 fully saturated rings. The number of hydroxylamine groups is 4. The van der Waals surface area contributed by atoms with Gasteiger partial charge in [0.15, 0.2) is 0 Å². The van der Waals surface area contributed by atoms with Crippen LogP contribution < -0.4 is 0 Å². The third-order valence-corrected chi connectivity index (χ3v) is 2.91. The largest absolute Gasteiger partial charge is 0.476 e. The molecule has 1 unspecified atom stereocenters. The van der Waals surface area contributed by atoms with Crippen LogP contribution in [0.5, 0.6) is 0 Å². The summed E-state index contributed by atoms with van der Waals surface area (Å²) in [6.45, 7) is 0. The molecule has 0 N–H and O–H groups in total. The Hall–Kier alpha value is -1.50. The maximum Gasteiger partial charge on any atom is 0.370 e. The lowest BCUT2D eigenvalue weighted by Crippen LogP contribution is -2.69. The molecule has 0 saturated heterocycles. The molecule has 11 heteroatoms. The second kappa shape index (κ2) is 6.98. The van der Waals surface area contributed by atoms with Crippen molar-refractivity contribution in [1.29, 1.82) is 0 Å². The molecule has 0 radical (unpaired) electrons. The van der Waals surface area contributed by atoms with Crippen LogP contribution in [-0.4, -0.2) is 70.0 Å². The zero-order chi connectivity index (χ0) is 16.2. The molecule has 122 valence electrons. The van der Waals surface area contributed by atoms with E-state index in [1.54, 1.807) is 0 Å². The predicted octanol–water partition coefficient (Wildman–Crippen LogP) is -0.304. The molecule has 0 aromatic heterocycles. The maximum atomic E-state index is 11.3. The molecule has 21 heavy (non-hydrogen) atoms. The van der Waals surface area contributed by atoms with Crippen molar-refractivity contribution in [2.45, 2.75) is 12.3 Å². The van der Waals surface area contributed by atoms with Crippen LogP contribution in [0.2, 0.25) is 0 Å². The molecule has 0 aromatic rings. The van der Waals surface area contributed by atoms with E-state index < -0.39 is 22.9 Å². The fraction of sp³-hybridized carbons (Fsp3) is 0.800. The van der Waals surface area contributed by atoms with E-state index in [0.717, 1.165) is 10.1 Å². The van der Waals surface area contributed by atoms with Crippen LogP contribution in [0, 0.1) is 10.1 Å². The first-order valence-electron chi connectivity index (χ1n) is 5.72. The summed E-state index contributed by atoms with van der Waals surface area (Å²) < 4.78 is 20.8. The summed E-state index contributed by atoms with van der Waals surface area (Å²) in [7, 11) is 7.67. The molecule has 0 aromatic carbocycles. The van der Waals surface area contributed by atoms with Gasteiger partial charge in [0.05, 0.1) is 26.3 Å². The minimum absolute atomic E-state index is 0.244. The first-order valence-corrected chi connectivity index (χ1v) is 5.72. The van der Waals surface area contributed by atoms with Gasteiger partial charge in [0.1, 0.15) is 0 Å². The summed E-state index contributed by atoms with van der Waals surface area (Å²) in [5.74, 6) is -0.244. The smallest absolute Gasteiger partial charge is 0.370 e. The predicted molar refractivity (Wildman–Crippen MR) is 66.3 cm³/mol. The van der Waals surface area contributed by atoms with Gasteiger partial charge in [-0.2, -0.15) is 0 Å². The van der Waals surface area contributed by atoms with Crippen molar-refractivity contribution in [3.63, 3.8) is 0 Å². The van der Waals surface area contributed by atoms with Crippen LogP contribution in [0.1, 0.15) is 0 Å². The van der Waals surface area contributed by atoms with Gasteiger partial charge in [-0.3, -0.25) is 19.8 Å². The summed E-state index contributed by atoms with van der Waals surface area (Å²) in [4.78, 5) is 20.9. The van der Waals surface area contributed by atoms with Gasteiger partial charge >= 0.3 is 11.7 Å². The van der Waals surface area contributed by atoms with E-state index in [9.17, 15) is 10.1 Å². The number of nitrogens with zero attached hydrogens (tertiary/aromatic N) is 3. The number of hydrogen-bond donors (Lipinski definition) is 0. The molecular formula is C10H19N3O8. The van der Waals surface area contributed by atoms with Crippen molar-refractivity contribution < 1.29 is 33.5 Å². The monoisotopic (exact) mass is 309 g/mol. The highest BCUT2D eigenvalue weighted by Crippen LogP contribution is 2.38. The van der Waals surface area contributed by atoms with E-state index in [1.807, 2.05) is 0 Å². The van der Waals surface area contributed by atoms with Gasteiger partial charge < -0.3 is 18.9 Å². The number of nitro groups is 1. The van der Waals surface area contributed by atoms with Crippen LogP contribution in [0.3, 0.4) is 0 Å². The van der Waals surface area contributed by atoms with Gasteiger partial charge in [-0.15, -0.1) is 5.06 Å². The van der Waals surface area contributed by atoms with Crippen molar-refractivity contribution in [2.24, 2.45) is 0 Å². The molecule has 11 nitrogen and oxygen atoms in total. The van der Waals surface area contributed by atoms with E-state index in [4.69, 9.17) is 28.6 Å². The minimum Gasteiger partial charge on any atom is -0.476 e. The second-order valence-corrected chi connectivity index (χ2v) is 3.68. The first kappa shape index (κ1) is 17.6. The zero-order valence-electron chi connectivity index (χ0n) is 12.7. The Morgan fingerprint density at radius 2 is 1.67 bits per heavy atom. The lowest BCUT2D eigenvalue weighted by molar-refractivity contribution is -0.548.